The van der Waals surface area contributed by atoms with Crippen molar-refractivity contribution in [2.24, 2.45) is 5.41 Å². The maximum absolute atomic E-state index is 11.9. The molecule has 3 heterocycles. The number of likely N-dealkylation sites (tertiary alicyclic amines) is 1. The van der Waals surface area contributed by atoms with E-state index in [1.54, 1.807) is 33.7 Å². The van der Waals surface area contributed by atoms with Crippen molar-refractivity contribution < 1.29 is 9.90 Å². The van der Waals surface area contributed by atoms with Gasteiger partial charge in [0.25, 0.3) is 0 Å². The Morgan fingerprint density at radius 3 is 2.62 bits per heavy atom. The molecule has 2 atom stereocenters. The molecule has 2 unspecified atom stereocenters. The summed E-state index contributed by atoms with van der Waals surface area (Å²) in [7, 11) is 0. The number of carboxylic acid groups (broad SMARTS) is 1. The molecule has 0 radical (unpaired) electrons. The number of nitrogens with zero attached hydrogens (tertiary/aromatic N) is 5. The summed E-state index contributed by atoms with van der Waals surface area (Å²) in [6, 6.07) is 14.6. The number of fused-ring (bicyclic) bond motifs is 1. The first-order valence-corrected chi connectivity index (χ1v) is 10.7. The summed E-state index contributed by atoms with van der Waals surface area (Å²) in [5.41, 5.74) is 1.81. The highest BCUT2D eigenvalue weighted by atomic mass is 16.4. The monoisotopic (exact) mass is 433 g/mol. The van der Waals surface area contributed by atoms with Crippen LogP contribution in [0.2, 0.25) is 0 Å². The molecule has 1 aliphatic rings. The van der Waals surface area contributed by atoms with E-state index in [0.29, 0.717) is 23.7 Å². The predicted molar refractivity (Wildman–Crippen MR) is 122 cm³/mol. The van der Waals surface area contributed by atoms with Crippen LogP contribution in [-0.4, -0.2) is 49.3 Å². The summed E-state index contributed by atoms with van der Waals surface area (Å²) in [6.07, 6.45) is 0.784. The van der Waals surface area contributed by atoms with Crippen molar-refractivity contribution in [3.05, 3.63) is 48.0 Å². The number of hydrogen-bond acceptors (Lipinski definition) is 6. The molecular weight excluding hydrogens is 406 g/mol. The summed E-state index contributed by atoms with van der Waals surface area (Å²) in [6.45, 7) is 6.76. The number of hydrogen-bond donors (Lipinski definition) is 3. The van der Waals surface area contributed by atoms with Gasteiger partial charge in [0.2, 0.25) is 5.95 Å². The number of carbonyl (C=O) groups is 1. The van der Waals surface area contributed by atoms with E-state index in [4.69, 9.17) is 5.26 Å². The maximum atomic E-state index is 11.9. The number of piperidine rings is 1. The Morgan fingerprint density at radius 2 is 1.97 bits per heavy atom. The molecule has 0 spiro atoms. The molecule has 1 aromatic carbocycles. The largest absolute Gasteiger partial charge is 0.465 e. The molecule has 4 rings (SSSR count). The Bertz CT molecular complexity index is 1160. The molecule has 1 amide bonds. The molecule has 2 aromatic heterocycles. The number of pyridine rings is 1. The number of anilines is 3. The van der Waals surface area contributed by atoms with Crippen LogP contribution in [0.5, 0.6) is 0 Å². The molecule has 1 fully saturated rings. The highest BCUT2D eigenvalue weighted by Crippen LogP contribution is 2.34. The Balaban J connectivity index is 1.61. The first-order valence-electron chi connectivity index (χ1n) is 10.7. The van der Waals surface area contributed by atoms with E-state index < -0.39 is 6.09 Å². The molecule has 3 N–H and O–H groups in total. The standard InChI is InChI=1S/C23H27N7O2/c1-23(2,3)20-17(6-5-13-29(20)22(31)32)26-18-7-4-8-19-27-21(28-30(18)19)25-16-11-9-15(14-24)10-12-16/h4,7-12,17,20,26H,5-6,13H2,1-3H3,(H,25,28)(H,31,32). The van der Waals surface area contributed by atoms with Crippen LogP contribution in [0.3, 0.4) is 0 Å². The third-order valence-electron chi connectivity index (χ3n) is 5.73. The van der Waals surface area contributed by atoms with Crippen LogP contribution in [-0.2, 0) is 0 Å². The van der Waals surface area contributed by atoms with Crippen molar-refractivity contribution >= 4 is 29.2 Å². The normalized spacial score (nSPS) is 18.9. The third-order valence-corrected chi connectivity index (χ3v) is 5.73. The van der Waals surface area contributed by atoms with E-state index in [2.05, 4.69) is 47.6 Å². The summed E-state index contributed by atoms with van der Waals surface area (Å²) < 4.78 is 1.73. The average Bonchev–Trinajstić information content (AvgIpc) is 3.17. The molecule has 0 bridgehead atoms. The highest BCUT2D eigenvalue weighted by Gasteiger charge is 2.42. The van der Waals surface area contributed by atoms with Crippen molar-refractivity contribution in [1.29, 1.82) is 5.26 Å². The van der Waals surface area contributed by atoms with Gasteiger partial charge in [-0.05, 0) is 54.7 Å². The number of amides is 1. The van der Waals surface area contributed by atoms with Crippen LogP contribution in [0, 0.1) is 16.7 Å². The fraction of sp³-hybridized carbons (Fsp3) is 0.391. The lowest BCUT2D eigenvalue weighted by atomic mass is 9.77. The topological polar surface area (TPSA) is 119 Å². The minimum atomic E-state index is -0.885. The van der Waals surface area contributed by atoms with Gasteiger partial charge in [0.15, 0.2) is 5.65 Å². The van der Waals surface area contributed by atoms with E-state index >= 15 is 0 Å². The van der Waals surface area contributed by atoms with Crippen LogP contribution in [0.25, 0.3) is 5.65 Å². The van der Waals surface area contributed by atoms with E-state index in [9.17, 15) is 9.90 Å². The Hall–Kier alpha value is -3.80. The zero-order valence-corrected chi connectivity index (χ0v) is 18.4. The lowest BCUT2D eigenvalue weighted by Crippen LogP contribution is -2.58. The maximum Gasteiger partial charge on any atom is 0.407 e. The smallest absolute Gasteiger partial charge is 0.407 e. The molecular formula is C23H27N7O2. The van der Waals surface area contributed by atoms with E-state index in [0.717, 1.165) is 24.3 Å². The first kappa shape index (κ1) is 21.4. The number of rotatable bonds is 4. The summed E-state index contributed by atoms with van der Waals surface area (Å²) in [4.78, 5) is 18.0. The van der Waals surface area contributed by atoms with Crippen molar-refractivity contribution in [2.75, 3.05) is 17.2 Å². The van der Waals surface area contributed by atoms with Crippen LogP contribution in [0.4, 0.5) is 22.2 Å². The Labute approximate surface area is 186 Å². The van der Waals surface area contributed by atoms with Crippen molar-refractivity contribution in [1.82, 2.24) is 19.5 Å². The lowest BCUT2D eigenvalue weighted by molar-refractivity contribution is 0.0518. The van der Waals surface area contributed by atoms with Crippen LogP contribution >= 0.6 is 0 Å². The van der Waals surface area contributed by atoms with E-state index in [1.165, 1.54) is 0 Å². The summed E-state index contributed by atoms with van der Waals surface area (Å²) in [5, 5.41) is 30.0. The minimum absolute atomic E-state index is 0.0513. The van der Waals surface area contributed by atoms with Crippen LogP contribution in [0.15, 0.2) is 42.5 Å². The summed E-state index contributed by atoms with van der Waals surface area (Å²) >= 11 is 0. The van der Waals surface area contributed by atoms with Crippen molar-refractivity contribution in [2.45, 2.75) is 45.7 Å². The summed E-state index contributed by atoms with van der Waals surface area (Å²) in [5.74, 6) is 1.20. The van der Waals surface area contributed by atoms with Crippen LogP contribution in [0.1, 0.15) is 39.2 Å². The third kappa shape index (κ3) is 4.30. The molecule has 0 saturated carbocycles. The second-order valence-electron chi connectivity index (χ2n) is 9.11. The molecule has 0 aliphatic carbocycles. The fourth-order valence-electron chi connectivity index (χ4n) is 4.45. The average molecular weight is 434 g/mol. The van der Waals surface area contributed by atoms with Crippen LogP contribution < -0.4 is 10.6 Å². The molecule has 9 nitrogen and oxygen atoms in total. The van der Waals surface area contributed by atoms with E-state index in [-0.39, 0.29) is 17.5 Å². The first-order chi connectivity index (χ1) is 15.3. The second-order valence-corrected chi connectivity index (χ2v) is 9.11. The molecule has 32 heavy (non-hydrogen) atoms. The molecule has 166 valence electrons. The number of benzene rings is 1. The Morgan fingerprint density at radius 1 is 1.22 bits per heavy atom. The second kappa shape index (κ2) is 8.38. The van der Waals surface area contributed by atoms with Crippen molar-refractivity contribution in [3.8, 4) is 6.07 Å². The minimum Gasteiger partial charge on any atom is -0.465 e. The number of aromatic nitrogens is 3. The molecule has 1 saturated heterocycles. The zero-order chi connectivity index (χ0) is 22.9. The molecule has 3 aromatic rings. The Kier molecular flexibility index (Phi) is 5.61. The zero-order valence-electron chi connectivity index (χ0n) is 18.4. The van der Waals surface area contributed by atoms with Gasteiger partial charge in [-0.25, -0.2) is 4.79 Å². The predicted octanol–water partition coefficient (Wildman–Crippen LogP) is 4.31. The molecule has 1 aliphatic heterocycles. The lowest BCUT2D eigenvalue weighted by Gasteiger charge is -2.47. The van der Waals surface area contributed by atoms with Gasteiger partial charge in [-0.1, -0.05) is 26.8 Å². The molecule has 9 heteroatoms. The van der Waals surface area contributed by atoms with Gasteiger partial charge in [0, 0.05) is 18.3 Å². The SMILES string of the molecule is CC(C)(C)C1C(Nc2cccc3nc(Nc4ccc(C#N)cc4)nn23)CCCN1C(=O)O. The van der Waals surface area contributed by atoms with Gasteiger partial charge >= 0.3 is 6.09 Å². The van der Waals surface area contributed by atoms with Crippen molar-refractivity contribution in [3.63, 3.8) is 0 Å². The highest BCUT2D eigenvalue weighted by molar-refractivity contribution is 5.66. The number of nitriles is 1. The number of nitrogens with one attached hydrogen (secondary N) is 2. The van der Waals surface area contributed by atoms with Gasteiger partial charge < -0.3 is 20.6 Å². The van der Waals surface area contributed by atoms with E-state index in [1.807, 2.05) is 18.2 Å². The quantitative estimate of drug-likeness (QED) is 0.561. The van der Waals surface area contributed by atoms with Gasteiger partial charge in [0.1, 0.15) is 5.82 Å². The van der Waals surface area contributed by atoms with Gasteiger partial charge in [-0.3, -0.25) is 0 Å². The fourth-order valence-corrected chi connectivity index (χ4v) is 4.45. The van der Waals surface area contributed by atoms with Gasteiger partial charge in [-0.15, -0.1) is 5.10 Å². The van der Waals surface area contributed by atoms with Gasteiger partial charge in [0.05, 0.1) is 17.7 Å². The van der Waals surface area contributed by atoms with Gasteiger partial charge in [-0.2, -0.15) is 14.8 Å².